The van der Waals surface area contributed by atoms with E-state index in [2.05, 4.69) is 4.72 Å². The van der Waals surface area contributed by atoms with Crippen LogP contribution < -0.4 is 9.46 Å². The molecule has 0 aliphatic rings. The van der Waals surface area contributed by atoms with Gasteiger partial charge in [0.2, 0.25) is 0 Å². The Balaban J connectivity index is 1.72. The first-order chi connectivity index (χ1) is 13.3. The maximum Gasteiger partial charge on any atom is 0.335 e. The van der Waals surface area contributed by atoms with Crippen molar-refractivity contribution in [2.75, 3.05) is 4.72 Å². The van der Waals surface area contributed by atoms with Crippen LogP contribution in [0.2, 0.25) is 0 Å². The van der Waals surface area contributed by atoms with E-state index < -0.39 is 16.0 Å². The minimum Gasteiger partial charge on any atom is -0.489 e. The molecular formula is C21H19NO5S. The monoisotopic (exact) mass is 397 g/mol. The Kier molecular flexibility index (Phi) is 5.65. The van der Waals surface area contributed by atoms with Crippen molar-refractivity contribution in [3.05, 3.63) is 89.5 Å². The van der Waals surface area contributed by atoms with E-state index in [0.29, 0.717) is 23.6 Å². The second-order valence-electron chi connectivity index (χ2n) is 6.19. The first-order valence-electron chi connectivity index (χ1n) is 8.49. The fraction of sp³-hybridized carbons (Fsp3) is 0.0952. The number of anilines is 1. The van der Waals surface area contributed by atoms with Gasteiger partial charge in [0.05, 0.1) is 16.1 Å². The highest BCUT2D eigenvalue weighted by Gasteiger charge is 2.16. The van der Waals surface area contributed by atoms with Crippen LogP contribution >= 0.6 is 0 Å². The SMILES string of the molecule is Cc1cc(OCc2ccccc2)ccc1NS(=O)(=O)c1ccc(C(=O)O)cc1. The first-order valence-corrected chi connectivity index (χ1v) is 9.97. The van der Waals surface area contributed by atoms with Crippen LogP contribution in [0.1, 0.15) is 21.5 Å². The van der Waals surface area contributed by atoms with Crippen molar-refractivity contribution in [3.63, 3.8) is 0 Å². The summed E-state index contributed by atoms with van der Waals surface area (Å²) in [6.45, 7) is 2.20. The molecule has 0 fully saturated rings. The highest BCUT2D eigenvalue weighted by atomic mass is 32.2. The number of aromatic carboxylic acids is 1. The lowest BCUT2D eigenvalue weighted by atomic mass is 10.2. The molecule has 2 N–H and O–H groups in total. The Hall–Kier alpha value is -3.32. The predicted octanol–water partition coefficient (Wildman–Crippen LogP) is 4.07. The molecule has 0 aliphatic heterocycles. The fourth-order valence-electron chi connectivity index (χ4n) is 2.56. The maximum absolute atomic E-state index is 12.5. The molecule has 28 heavy (non-hydrogen) atoms. The number of carboxylic acid groups (broad SMARTS) is 1. The highest BCUT2D eigenvalue weighted by Crippen LogP contribution is 2.25. The largest absolute Gasteiger partial charge is 0.489 e. The molecule has 0 saturated heterocycles. The van der Waals surface area contributed by atoms with E-state index in [1.807, 2.05) is 30.3 Å². The summed E-state index contributed by atoms with van der Waals surface area (Å²) >= 11 is 0. The lowest BCUT2D eigenvalue weighted by molar-refractivity contribution is 0.0696. The van der Waals surface area contributed by atoms with Crippen LogP contribution in [0.15, 0.2) is 77.7 Å². The number of carboxylic acids is 1. The van der Waals surface area contributed by atoms with Crippen molar-refractivity contribution in [3.8, 4) is 5.75 Å². The van der Waals surface area contributed by atoms with Gasteiger partial charge in [-0.3, -0.25) is 4.72 Å². The van der Waals surface area contributed by atoms with Gasteiger partial charge in [-0.05, 0) is 60.5 Å². The normalized spacial score (nSPS) is 11.0. The third kappa shape index (κ3) is 4.69. The molecule has 0 aliphatic carbocycles. The molecule has 3 rings (SSSR count). The van der Waals surface area contributed by atoms with Gasteiger partial charge in [-0.1, -0.05) is 30.3 Å². The molecule has 144 valence electrons. The second kappa shape index (κ2) is 8.14. The van der Waals surface area contributed by atoms with Gasteiger partial charge in [-0.25, -0.2) is 13.2 Å². The summed E-state index contributed by atoms with van der Waals surface area (Å²) in [6, 6.07) is 19.9. The molecule has 0 radical (unpaired) electrons. The smallest absolute Gasteiger partial charge is 0.335 e. The molecule has 0 aromatic heterocycles. The van der Waals surface area contributed by atoms with Crippen molar-refractivity contribution in [1.29, 1.82) is 0 Å². The Morgan fingerprint density at radius 3 is 2.29 bits per heavy atom. The van der Waals surface area contributed by atoms with Crippen LogP contribution in [0.3, 0.4) is 0 Å². The number of nitrogens with one attached hydrogen (secondary N) is 1. The molecule has 0 amide bonds. The lowest BCUT2D eigenvalue weighted by Gasteiger charge is -2.13. The number of benzene rings is 3. The minimum absolute atomic E-state index is 0.0127. The maximum atomic E-state index is 12.5. The summed E-state index contributed by atoms with van der Waals surface area (Å²) in [5.74, 6) is -0.478. The highest BCUT2D eigenvalue weighted by molar-refractivity contribution is 7.92. The quantitative estimate of drug-likeness (QED) is 0.627. The van der Waals surface area contributed by atoms with E-state index >= 15 is 0 Å². The molecule has 0 unspecified atom stereocenters. The Morgan fingerprint density at radius 2 is 1.68 bits per heavy atom. The molecule has 0 saturated carbocycles. The number of hydrogen-bond donors (Lipinski definition) is 2. The summed E-state index contributed by atoms with van der Waals surface area (Å²) in [7, 11) is -3.83. The van der Waals surface area contributed by atoms with Crippen LogP contribution in [-0.2, 0) is 16.6 Å². The van der Waals surface area contributed by atoms with Gasteiger partial charge in [0.25, 0.3) is 10.0 Å². The fourth-order valence-corrected chi connectivity index (χ4v) is 3.69. The van der Waals surface area contributed by atoms with E-state index in [1.54, 1.807) is 25.1 Å². The van der Waals surface area contributed by atoms with E-state index in [0.717, 1.165) is 5.56 Å². The van der Waals surface area contributed by atoms with E-state index in [9.17, 15) is 13.2 Å². The zero-order chi connectivity index (χ0) is 20.1. The molecule has 0 spiro atoms. The van der Waals surface area contributed by atoms with E-state index in [-0.39, 0.29) is 10.5 Å². The Labute approximate surface area is 163 Å². The van der Waals surface area contributed by atoms with Gasteiger partial charge in [0.1, 0.15) is 12.4 Å². The van der Waals surface area contributed by atoms with Crippen molar-refractivity contribution in [1.82, 2.24) is 0 Å². The molecule has 3 aromatic rings. The molecule has 0 atom stereocenters. The van der Waals surface area contributed by atoms with Gasteiger partial charge >= 0.3 is 5.97 Å². The number of carbonyl (C=O) groups is 1. The molecule has 0 bridgehead atoms. The summed E-state index contributed by atoms with van der Waals surface area (Å²) in [5, 5.41) is 8.92. The van der Waals surface area contributed by atoms with Crippen molar-refractivity contribution in [2.24, 2.45) is 0 Å². The second-order valence-corrected chi connectivity index (χ2v) is 7.87. The summed E-state index contributed by atoms with van der Waals surface area (Å²) < 4.78 is 33.3. The van der Waals surface area contributed by atoms with Gasteiger partial charge in [-0.15, -0.1) is 0 Å². The van der Waals surface area contributed by atoms with Crippen LogP contribution in [0.25, 0.3) is 0 Å². The number of sulfonamides is 1. The van der Waals surface area contributed by atoms with Crippen LogP contribution in [0, 0.1) is 6.92 Å². The standard InChI is InChI=1S/C21H19NO5S/c1-15-13-18(27-14-16-5-3-2-4-6-16)9-12-20(15)22-28(25,26)19-10-7-17(8-11-19)21(23)24/h2-13,22H,14H2,1H3,(H,23,24). The van der Waals surface area contributed by atoms with Gasteiger partial charge in [-0.2, -0.15) is 0 Å². The number of rotatable bonds is 7. The van der Waals surface area contributed by atoms with E-state index in [1.165, 1.54) is 24.3 Å². The molecule has 7 heteroatoms. The van der Waals surface area contributed by atoms with Gasteiger partial charge in [0.15, 0.2) is 0 Å². The average molecular weight is 397 g/mol. The third-order valence-corrected chi connectivity index (χ3v) is 5.48. The Bertz CT molecular complexity index is 1080. The molecule has 3 aromatic carbocycles. The van der Waals surface area contributed by atoms with Gasteiger partial charge in [0, 0.05) is 0 Å². The lowest BCUT2D eigenvalue weighted by Crippen LogP contribution is -2.14. The number of hydrogen-bond acceptors (Lipinski definition) is 4. The minimum atomic E-state index is -3.83. The van der Waals surface area contributed by atoms with Crippen LogP contribution in [0.5, 0.6) is 5.75 Å². The van der Waals surface area contributed by atoms with Crippen LogP contribution in [-0.4, -0.2) is 19.5 Å². The molecule has 6 nitrogen and oxygen atoms in total. The first kappa shape index (κ1) is 19.4. The summed E-state index contributed by atoms with van der Waals surface area (Å²) in [6.07, 6.45) is 0. The van der Waals surface area contributed by atoms with Crippen LogP contribution in [0.4, 0.5) is 5.69 Å². The number of aryl methyl sites for hydroxylation is 1. The topological polar surface area (TPSA) is 92.7 Å². The number of ether oxygens (including phenoxy) is 1. The van der Waals surface area contributed by atoms with E-state index in [4.69, 9.17) is 9.84 Å². The third-order valence-electron chi connectivity index (χ3n) is 4.10. The average Bonchev–Trinajstić information content (AvgIpc) is 2.69. The van der Waals surface area contributed by atoms with Crippen molar-refractivity contribution < 1.29 is 23.1 Å². The Morgan fingerprint density at radius 1 is 1.00 bits per heavy atom. The molecule has 0 heterocycles. The van der Waals surface area contributed by atoms with Gasteiger partial charge < -0.3 is 9.84 Å². The van der Waals surface area contributed by atoms with Crippen molar-refractivity contribution >= 4 is 21.7 Å². The summed E-state index contributed by atoms with van der Waals surface area (Å²) in [5.41, 5.74) is 2.19. The zero-order valence-corrected chi connectivity index (χ0v) is 15.9. The molecular weight excluding hydrogens is 378 g/mol. The predicted molar refractivity (Wildman–Crippen MR) is 106 cm³/mol. The summed E-state index contributed by atoms with van der Waals surface area (Å²) in [4.78, 5) is 10.9. The zero-order valence-electron chi connectivity index (χ0n) is 15.1. The van der Waals surface area contributed by atoms with Crippen molar-refractivity contribution in [2.45, 2.75) is 18.4 Å².